The molecule has 0 bridgehead atoms. The summed E-state index contributed by atoms with van der Waals surface area (Å²) in [5.41, 5.74) is 2.65. The van der Waals surface area contributed by atoms with E-state index in [0.717, 1.165) is 35.1 Å². The van der Waals surface area contributed by atoms with E-state index in [1.165, 1.54) is 23.0 Å². The molecule has 1 saturated heterocycles. The highest BCUT2D eigenvalue weighted by Crippen LogP contribution is 2.48. The lowest BCUT2D eigenvalue weighted by Crippen LogP contribution is -2.50. The largest absolute Gasteiger partial charge is 0.437 e. The third-order valence-corrected chi connectivity index (χ3v) is 9.35. The van der Waals surface area contributed by atoms with Gasteiger partial charge in [0.15, 0.2) is 0 Å². The standard InChI is InChI=1S/C41H40N2O6/c1-2-3-7-14-29-21-23-30(24-22-29)36-25-31-27-43(39(46)42-38(31)47-36)40(26-35(45)37(28-44)48-40)49-41(32-15-8-4-9-16-32,33-17-10-5-11-18-33)34-19-12-6-13-20-34/h4-6,8-13,15-25,27,35,37,44-45H,2-3,7,14,26,28H2,1H3/t35-,37+,40+/m0/s1. The molecule has 49 heavy (non-hydrogen) atoms. The first-order valence-electron chi connectivity index (χ1n) is 16.9. The molecule has 2 aromatic heterocycles. The minimum Gasteiger partial charge on any atom is -0.437 e. The Morgan fingerprint density at radius 2 is 1.47 bits per heavy atom. The number of aromatic nitrogens is 2. The van der Waals surface area contributed by atoms with Crippen LogP contribution in [0.1, 0.15) is 54.9 Å². The summed E-state index contributed by atoms with van der Waals surface area (Å²) in [5, 5.41) is 22.0. The van der Waals surface area contributed by atoms with Crippen LogP contribution in [0.5, 0.6) is 0 Å². The average molecular weight is 657 g/mol. The number of benzene rings is 4. The summed E-state index contributed by atoms with van der Waals surface area (Å²) in [6, 6.07) is 39.2. The summed E-state index contributed by atoms with van der Waals surface area (Å²) in [4.78, 5) is 18.4. The number of aliphatic hydroxyl groups is 2. The second-order valence-corrected chi connectivity index (χ2v) is 12.6. The van der Waals surface area contributed by atoms with Gasteiger partial charge in [0, 0.05) is 11.8 Å². The van der Waals surface area contributed by atoms with Gasteiger partial charge in [0.2, 0.25) is 5.71 Å². The van der Waals surface area contributed by atoms with Gasteiger partial charge in [-0.2, -0.15) is 4.98 Å². The molecule has 0 spiro atoms. The van der Waals surface area contributed by atoms with E-state index in [1.54, 1.807) is 6.20 Å². The van der Waals surface area contributed by atoms with Crippen LogP contribution < -0.4 is 5.69 Å². The summed E-state index contributed by atoms with van der Waals surface area (Å²) in [7, 11) is 0. The zero-order valence-electron chi connectivity index (χ0n) is 27.4. The Bertz CT molecular complexity index is 1950. The zero-order valence-corrected chi connectivity index (χ0v) is 27.4. The highest BCUT2D eigenvalue weighted by molar-refractivity contribution is 5.79. The molecule has 1 fully saturated rings. The van der Waals surface area contributed by atoms with Gasteiger partial charge in [-0.1, -0.05) is 135 Å². The zero-order chi connectivity index (χ0) is 33.8. The second-order valence-electron chi connectivity index (χ2n) is 12.6. The first-order valence-corrected chi connectivity index (χ1v) is 16.9. The molecule has 7 rings (SSSR count). The molecule has 0 amide bonds. The molecule has 6 aromatic rings. The van der Waals surface area contributed by atoms with Gasteiger partial charge < -0.3 is 24.1 Å². The van der Waals surface area contributed by atoms with Crippen LogP contribution in [0.15, 0.2) is 137 Å². The van der Waals surface area contributed by atoms with Crippen molar-refractivity contribution in [3.8, 4) is 11.3 Å². The average Bonchev–Trinajstić information content (AvgIpc) is 3.71. The van der Waals surface area contributed by atoms with Crippen molar-refractivity contribution in [3.05, 3.63) is 160 Å². The minimum atomic E-state index is -1.88. The Hall–Kier alpha value is -4.86. The van der Waals surface area contributed by atoms with E-state index < -0.39 is 36.0 Å². The van der Waals surface area contributed by atoms with E-state index in [4.69, 9.17) is 13.9 Å². The molecular formula is C41H40N2O6. The molecule has 1 aliphatic heterocycles. The molecule has 0 unspecified atom stereocenters. The van der Waals surface area contributed by atoms with Gasteiger partial charge in [0.05, 0.1) is 24.5 Å². The van der Waals surface area contributed by atoms with Crippen LogP contribution in [0.3, 0.4) is 0 Å². The molecule has 8 heteroatoms. The predicted octanol–water partition coefficient (Wildman–Crippen LogP) is 7.15. The topological polar surface area (TPSA) is 107 Å². The van der Waals surface area contributed by atoms with Crippen molar-refractivity contribution in [2.75, 3.05) is 6.61 Å². The van der Waals surface area contributed by atoms with Crippen LogP contribution >= 0.6 is 0 Å². The van der Waals surface area contributed by atoms with Crippen LogP contribution in [0.25, 0.3) is 22.4 Å². The van der Waals surface area contributed by atoms with Gasteiger partial charge >= 0.3 is 5.69 Å². The maximum atomic E-state index is 14.0. The SMILES string of the molecule is CCCCCc1ccc(-c2cc3cn([C@]4(OC(c5ccccc5)(c5ccccc5)c5ccccc5)C[C@H](O)[C@@H](CO)O4)c(=O)nc3o2)cc1. The van der Waals surface area contributed by atoms with E-state index in [-0.39, 0.29) is 12.1 Å². The first kappa shape index (κ1) is 32.7. The third-order valence-electron chi connectivity index (χ3n) is 9.35. The maximum Gasteiger partial charge on any atom is 0.355 e. The van der Waals surface area contributed by atoms with Crippen molar-refractivity contribution >= 4 is 11.1 Å². The highest BCUT2D eigenvalue weighted by Gasteiger charge is 2.55. The minimum absolute atomic E-state index is 0.149. The van der Waals surface area contributed by atoms with Crippen molar-refractivity contribution in [2.45, 2.75) is 62.7 Å². The van der Waals surface area contributed by atoms with E-state index in [0.29, 0.717) is 11.1 Å². The summed E-state index contributed by atoms with van der Waals surface area (Å²) in [6.45, 7) is 1.72. The fraction of sp³-hybridized carbons (Fsp3) is 0.268. The van der Waals surface area contributed by atoms with E-state index in [9.17, 15) is 15.0 Å². The number of aryl methyl sites for hydroxylation is 1. The van der Waals surface area contributed by atoms with Crippen molar-refractivity contribution in [3.63, 3.8) is 0 Å². The maximum absolute atomic E-state index is 14.0. The fourth-order valence-electron chi connectivity index (χ4n) is 6.83. The fourth-order valence-corrected chi connectivity index (χ4v) is 6.83. The molecule has 250 valence electrons. The molecule has 3 atom stereocenters. The molecular weight excluding hydrogens is 616 g/mol. The van der Waals surface area contributed by atoms with Crippen LogP contribution in [0.4, 0.5) is 0 Å². The van der Waals surface area contributed by atoms with Crippen molar-refractivity contribution in [2.24, 2.45) is 0 Å². The Labute approximate surface area is 285 Å². The van der Waals surface area contributed by atoms with Gasteiger partial charge in [-0.15, -0.1) is 0 Å². The van der Waals surface area contributed by atoms with Crippen LogP contribution in [0, 0.1) is 0 Å². The van der Waals surface area contributed by atoms with Gasteiger partial charge in [0.1, 0.15) is 17.5 Å². The van der Waals surface area contributed by atoms with Gasteiger partial charge in [-0.25, -0.2) is 9.36 Å². The predicted molar refractivity (Wildman–Crippen MR) is 188 cm³/mol. The molecule has 1 aliphatic rings. The molecule has 0 radical (unpaired) electrons. The number of fused-ring (bicyclic) bond motifs is 1. The summed E-state index contributed by atoms with van der Waals surface area (Å²) in [6.07, 6.45) is 3.85. The molecule has 2 N–H and O–H groups in total. The molecule has 0 saturated carbocycles. The molecule has 0 aliphatic carbocycles. The first-order chi connectivity index (χ1) is 24.0. The van der Waals surface area contributed by atoms with Crippen LogP contribution in [-0.2, 0) is 27.4 Å². The van der Waals surface area contributed by atoms with Crippen LogP contribution in [-0.4, -0.2) is 38.6 Å². The Morgan fingerprint density at radius 1 is 0.878 bits per heavy atom. The normalized spacial score (nSPS) is 19.4. The summed E-state index contributed by atoms with van der Waals surface area (Å²) >= 11 is 0. The summed E-state index contributed by atoms with van der Waals surface area (Å²) in [5.74, 6) is -1.31. The van der Waals surface area contributed by atoms with E-state index in [2.05, 4.69) is 24.0 Å². The number of aliphatic hydroxyl groups excluding tert-OH is 2. The Morgan fingerprint density at radius 3 is 2.00 bits per heavy atom. The molecule has 3 heterocycles. The van der Waals surface area contributed by atoms with E-state index in [1.807, 2.05) is 109 Å². The van der Waals surface area contributed by atoms with Gasteiger partial charge in [-0.3, -0.25) is 0 Å². The van der Waals surface area contributed by atoms with Crippen LogP contribution in [0.2, 0.25) is 0 Å². The third kappa shape index (κ3) is 6.24. The number of furan rings is 1. The van der Waals surface area contributed by atoms with Crippen molar-refractivity contribution < 1.29 is 24.1 Å². The number of nitrogens with zero attached hydrogens (tertiary/aromatic N) is 2. The molecule has 8 nitrogen and oxygen atoms in total. The van der Waals surface area contributed by atoms with Crippen molar-refractivity contribution in [1.29, 1.82) is 0 Å². The van der Waals surface area contributed by atoms with Crippen molar-refractivity contribution in [1.82, 2.24) is 9.55 Å². The Balaban J connectivity index is 1.38. The smallest absolute Gasteiger partial charge is 0.355 e. The lowest BCUT2D eigenvalue weighted by atomic mass is 9.80. The van der Waals surface area contributed by atoms with E-state index >= 15 is 0 Å². The highest BCUT2D eigenvalue weighted by atomic mass is 16.7. The quantitative estimate of drug-likeness (QED) is 0.106. The number of unbranched alkanes of at least 4 members (excludes halogenated alkanes) is 2. The van der Waals surface area contributed by atoms with Gasteiger partial charge in [-0.05, 0) is 41.2 Å². The number of hydrogen-bond donors (Lipinski definition) is 2. The number of rotatable bonds is 12. The lowest BCUT2D eigenvalue weighted by molar-refractivity contribution is -0.321. The van der Waals surface area contributed by atoms with Gasteiger partial charge in [0.25, 0.3) is 5.91 Å². The lowest BCUT2D eigenvalue weighted by Gasteiger charge is -2.43. The monoisotopic (exact) mass is 656 g/mol. The number of hydrogen-bond acceptors (Lipinski definition) is 7. The number of ether oxygens (including phenoxy) is 2. The Kier molecular flexibility index (Phi) is 9.29. The second kappa shape index (κ2) is 13.9. The summed E-state index contributed by atoms with van der Waals surface area (Å²) < 4.78 is 21.2. The molecule has 4 aromatic carbocycles.